The Morgan fingerprint density at radius 3 is 2.33 bits per heavy atom. The number of aromatic nitrogens is 1. The minimum atomic E-state index is -0.909. The Morgan fingerprint density at radius 1 is 1.03 bits per heavy atom. The molecule has 0 saturated carbocycles. The number of anilines is 1. The van der Waals surface area contributed by atoms with Crippen LogP contribution >= 0.6 is 11.3 Å². The Morgan fingerprint density at radius 2 is 1.70 bits per heavy atom. The molecule has 1 saturated heterocycles. The number of aliphatic hydroxyl groups excluding tert-OH is 1. The molecule has 180 valence electrons. The normalized spacial score (nSPS) is 20.0. The molecule has 1 fully saturated rings. The zero-order valence-electron chi connectivity index (χ0n) is 20.4. The van der Waals surface area contributed by atoms with Crippen LogP contribution in [0.2, 0.25) is 0 Å². The van der Waals surface area contributed by atoms with Crippen LogP contribution in [-0.4, -0.2) is 65.4 Å². The molecular formula is C26H37N3O3S. The highest BCUT2D eigenvalue weighted by Crippen LogP contribution is 2.47. The molecule has 0 bridgehead atoms. The molecule has 2 aromatic rings. The summed E-state index contributed by atoms with van der Waals surface area (Å²) < 4.78 is 0. The van der Waals surface area contributed by atoms with Crippen molar-refractivity contribution in [1.29, 1.82) is 0 Å². The number of aromatic carboxylic acids is 1. The van der Waals surface area contributed by atoms with Crippen LogP contribution in [0.25, 0.3) is 11.3 Å². The highest BCUT2D eigenvalue weighted by molar-refractivity contribution is 7.17. The van der Waals surface area contributed by atoms with Crippen LogP contribution in [0.1, 0.15) is 74.2 Å². The summed E-state index contributed by atoms with van der Waals surface area (Å²) in [4.78, 5) is 22.0. The monoisotopic (exact) mass is 471 g/mol. The lowest BCUT2D eigenvalue weighted by Crippen LogP contribution is -2.46. The van der Waals surface area contributed by atoms with E-state index < -0.39 is 5.97 Å². The number of fused-ring (bicyclic) bond motifs is 1. The van der Waals surface area contributed by atoms with E-state index in [9.17, 15) is 9.90 Å². The predicted octanol–water partition coefficient (Wildman–Crippen LogP) is 4.75. The number of nitrogens with zero attached hydrogens (tertiary/aromatic N) is 3. The maximum absolute atomic E-state index is 12.1. The maximum atomic E-state index is 12.1. The molecule has 0 spiro atoms. The van der Waals surface area contributed by atoms with E-state index in [1.54, 1.807) is 0 Å². The number of carboxylic acids is 1. The molecule has 6 nitrogen and oxygen atoms in total. The number of aliphatic hydroxyl groups is 1. The summed E-state index contributed by atoms with van der Waals surface area (Å²) in [5.41, 5.74) is 4.38. The van der Waals surface area contributed by atoms with E-state index >= 15 is 0 Å². The molecule has 7 heteroatoms. The molecule has 0 atom stereocenters. The van der Waals surface area contributed by atoms with E-state index in [2.05, 4.69) is 55.7 Å². The summed E-state index contributed by atoms with van der Waals surface area (Å²) in [6.45, 7) is 14.0. The van der Waals surface area contributed by atoms with Crippen molar-refractivity contribution in [2.24, 2.45) is 0 Å². The molecule has 1 aliphatic carbocycles. The van der Waals surface area contributed by atoms with Crippen LogP contribution in [0, 0.1) is 0 Å². The zero-order chi connectivity index (χ0) is 23.8. The third-order valence-corrected chi connectivity index (χ3v) is 8.57. The lowest BCUT2D eigenvalue weighted by atomic mass is 9.63. The van der Waals surface area contributed by atoms with Crippen molar-refractivity contribution >= 4 is 22.4 Å². The van der Waals surface area contributed by atoms with Gasteiger partial charge in [0.05, 0.1) is 5.69 Å². The summed E-state index contributed by atoms with van der Waals surface area (Å²) in [6.07, 6.45) is 4.12. The largest absolute Gasteiger partial charge is 0.477 e. The van der Waals surface area contributed by atoms with Gasteiger partial charge in [-0.2, -0.15) is 0 Å². The fraction of sp³-hybridized carbons (Fsp3) is 0.615. The standard InChI is InChI=1S/C26H37N3O3S/c1-25(2)9-10-26(3,4)20-17-18(7-8-19(20)25)21-22(23(31)32)33-24(27-21)29-14-12-28(13-15-29)11-5-6-16-30/h7-8,17,30H,5-6,9-16H2,1-4H3,(H,31,32). The van der Waals surface area contributed by atoms with Gasteiger partial charge in [0.15, 0.2) is 5.13 Å². The minimum Gasteiger partial charge on any atom is -0.477 e. The predicted molar refractivity (Wildman–Crippen MR) is 135 cm³/mol. The van der Waals surface area contributed by atoms with Crippen molar-refractivity contribution in [3.63, 3.8) is 0 Å². The van der Waals surface area contributed by atoms with Crippen LogP contribution in [0.15, 0.2) is 18.2 Å². The van der Waals surface area contributed by atoms with Gasteiger partial charge < -0.3 is 15.1 Å². The molecule has 33 heavy (non-hydrogen) atoms. The second kappa shape index (κ2) is 9.35. The third kappa shape index (κ3) is 4.96. The Bertz CT molecular complexity index is 1010. The van der Waals surface area contributed by atoms with Gasteiger partial charge in [-0.1, -0.05) is 51.2 Å². The molecular weight excluding hydrogens is 434 g/mol. The van der Waals surface area contributed by atoms with E-state index in [0.29, 0.717) is 10.6 Å². The number of thiazole rings is 1. The Balaban J connectivity index is 1.60. The molecule has 2 aliphatic rings. The lowest BCUT2D eigenvalue weighted by Gasteiger charge is -2.42. The maximum Gasteiger partial charge on any atom is 0.348 e. The van der Waals surface area contributed by atoms with Crippen molar-refractivity contribution in [2.45, 2.75) is 64.2 Å². The van der Waals surface area contributed by atoms with Gasteiger partial charge in [0, 0.05) is 38.3 Å². The number of hydrogen-bond donors (Lipinski definition) is 2. The molecule has 1 aromatic carbocycles. The van der Waals surface area contributed by atoms with Crippen molar-refractivity contribution in [1.82, 2.24) is 9.88 Å². The smallest absolute Gasteiger partial charge is 0.348 e. The zero-order valence-corrected chi connectivity index (χ0v) is 21.2. The highest BCUT2D eigenvalue weighted by atomic mass is 32.1. The number of piperazine rings is 1. The lowest BCUT2D eigenvalue weighted by molar-refractivity contribution is 0.0702. The quantitative estimate of drug-likeness (QED) is 0.568. The average Bonchev–Trinajstić information content (AvgIpc) is 3.23. The van der Waals surface area contributed by atoms with Gasteiger partial charge in [0.25, 0.3) is 0 Å². The molecule has 0 unspecified atom stereocenters. The second-order valence-corrected chi connectivity index (χ2v) is 11.7. The minimum absolute atomic E-state index is 0.0649. The van der Waals surface area contributed by atoms with E-state index in [0.717, 1.165) is 69.1 Å². The average molecular weight is 472 g/mol. The Kier molecular flexibility index (Phi) is 6.85. The van der Waals surface area contributed by atoms with Crippen LogP contribution in [-0.2, 0) is 10.8 Å². The molecule has 0 radical (unpaired) electrons. The molecule has 1 aromatic heterocycles. The van der Waals surface area contributed by atoms with E-state index in [-0.39, 0.29) is 17.4 Å². The number of benzene rings is 1. The molecule has 2 N–H and O–H groups in total. The van der Waals surface area contributed by atoms with Crippen molar-refractivity contribution in [2.75, 3.05) is 44.2 Å². The molecule has 0 amide bonds. The van der Waals surface area contributed by atoms with E-state index in [1.807, 2.05) is 0 Å². The number of rotatable bonds is 7. The Hall–Kier alpha value is -1.96. The van der Waals surface area contributed by atoms with E-state index in [4.69, 9.17) is 10.1 Å². The molecule has 4 rings (SSSR count). The highest BCUT2D eigenvalue weighted by Gasteiger charge is 2.37. The number of unbranched alkanes of at least 4 members (excludes halogenated alkanes) is 1. The van der Waals surface area contributed by atoms with Gasteiger partial charge in [-0.25, -0.2) is 9.78 Å². The van der Waals surface area contributed by atoms with Crippen LogP contribution in [0.5, 0.6) is 0 Å². The van der Waals surface area contributed by atoms with Gasteiger partial charge in [-0.05, 0) is 60.3 Å². The first kappa shape index (κ1) is 24.2. The van der Waals surface area contributed by atoms with Crippen molar-refractivity contribution in [3.05, 3.63) is 34.2 Å². The summed E-state index contributed by atoms with van der Waals surface area (Å²) in [5.74, 6) is -0.909. The van der Waals surface area contributed by atoms with Gasteiger partial charge in [0.1, 0.15) is 4.88 Å². The van der Waals surface area contributed by atoms with Gasteiger partial charge in [-0.3, -0.25) is 4.90 Å². The number of hydrogen-bond acceptors (Lipinski definition) is 6. The molecule has 1 aliphatic heterocycles. The van der Waals surface area contributed by atoms with Crippen LogP contribution < -0.4 is 4.90 Å². The SMILES string of the molecule is CC1(C)CCC(C)(C)c2cc(-c3nc(N4CCN(CCCCO)CC4)sc3C(=O)O)ccc21. The van der Waals surface area contributed by atoms with Gasteiger partial charge in [-0.15, -0.1) is 0 Å². The van der Waals surface area contributed by atoms with Gasteiger partial charge in [0.2, 0.25) is 0 Å². The van der Waals surface area contributed by atoms with Crippen molar-refractivity contribution < 1.29 is 15.0 Å². The van der Waals surface area contributed by atoms with E-state index in [1.165, 1.54) is 22.5 Å². The second-order valence-electron chi connectivity index (χ2n) is 10.8. The third-order valence-electron chi connectivity index (χ3n) is 7.46. The molecule has 2 heterocycles. The fourth-order valence-corrected chi connectivity index (χ4v) is 6.11. The first-order chi connectivity index (χ1) is 15.6. The Labute approximate surface area is 201 Å². The van der Waals surface area contributed by atoms with Gasteiger partial charge >= 0.3 is 5.97 Å². The summed E-state index contributed by atoms with van der Waals surface area (Å²) in [7, 11) is 0. The number of carbonyl (C=O) groups is 1. The van der Waals surface area contributed by atoms with Crippen LogP contribution in [0.4, 0.5) is 5.13 Å². The fourth-order valence-electron chi connectivity index (χ4n) is 5.13. The van der Waals surface area contributed by atoms with Crippen LogP contribution in [0.3, 0.4) is 0 Å². The first-order valence-electron chi connectivity index (χ1n) is 12.1. The summed E-state index contributed by atoms with van der Waals surface area (Å²) >= 11 is 1.29. The summed E-state index contributed by atoms with van der Waals surface area (Å²) in [6, 6.07) is 6.45. The topological polar surface area (TPSA) is 76.9 Å². The summed E-state index contributed by atoms with van der Waals surface area (Å²) in [5, 5.41) is 19.7. The number of carboxylic acid groups (broad SMARTS) is 1. The van der Waals surface area contributed by atoms with Crippen molar-refractivity contribution in [3.8, 4) is 11.3 Å². The first-order valence-corrected chi connectivity index (χ1v) is 12.9.